The van der Waals surface area contributed by atoms with Crippen molar-refractivity contribution >= 4 is 16.7 Å². The summed E-state index contributed by atoms with van der Waals surface area (Å²) in [4.78, 5) is 14.5. The van der Waals surface area contributed by atoms with Gasteiger partial charge < -0.3 is 4.98 Å². The molecule has 0 spiro atoms. The molecular weight excluding hydrogens is 174 g/mol. The summed E-state index contributed by atoms with van der Waals surface area (Å²) in [5, 5.41) is 1.07. The van der Waals surface area contributed by atoms with Gasteiger partial charge in [-0.15, -0.1) is 0 Å². The third kappa shape index (κ3) is 1.15. The standard InChI is InChI=1S/C12H13NO/c1-7-4-5-8(2)12-11(7)10(6-13-12)9(3)14/h4-6,13H,1-3H3. The van der Waals surface area contributed by atoms with Gasteiger partial charge >= 0.3 is 0 Å². The molecule has 1 heterocycles. The quantitative estimate of drug-likeness (QED) is 0.684. The first kappa shape index (κ1) is 9.00. The normalized spacial score (nSPS) is 10.8. The maximum atomic E-state index is 11.4. The number of H-pyrrole nitrogens is 1. The smallest absolute Gasteiger partial charge is 0.161 e. The zero-order chi connectivity index (χ0) is 10.3. The molecule has 0 atom stereocenters. The molecule has 0 radical (unpaired) electrons. The minimum Gasteiger partial charge on any atom is -0.360 e. The van der Waals surface area contributed by atoms with Crippen LogP contribution >= 0.6 is 0 Å². The van der Waals surface area contributed by atoms with Gasteiger partial charge in [-0.3, -0.25) is 4.79 Å². The number of carbonyl (C=O) groups excluding carboxylic acids is 1. The molecule has 14 heavy (non-hydrogen) atoms. The molecule has 2 aromatic rings. The lowest BCUT2D eigenvalue weighted by molar-refractivity contribution is 0.101. The third-order valence-electron chi connectivity index (χ3n) is 2.63. The van der Waals surface area contributed by atoms with E-state index in [9.17, 15) is 4.79 Å². The molecule has 1 aromatic heterocycles. The fourth-order valence-corrected chi connectivity index (χ4v) is 1.84. The number of ketones is 1. The number of hydrogen-bond donors (Lipinski definition) is 1. The lowest BCUT2D eigenvalue weighted by atomic mass is 10.0. The van der Waals surface area contributed by atoms with E-state index in [0.29, 0.717) is 0 Å². The summed E-state index contributed by atoms with van der Waals surface area (Å²) in [5.41, 5.74) is 4.20. The lowest BCUT2D eigenvalue weighted by Gasteiger charge is -2.01. The molecule has 0 aliphatic rings. The number of fused-ring (bicyclic) bond motifs is 1. The van der Waals surface area contributed by atoms with Crippen LogP contribution in [0.3, 0.4) is 0 Å². The molecule has 0 saturated heterocycles. The van der Waals surface area contributed by atoms with Crippen molar-refractivity contribution in [3.63, 3.8) is 0 Å². The van der Waals surface area contributed by atoms with Crippen LogP contribution in [0.4, 0.5) is 0 Å². The Labute approximate surface area is 82.9 Å². The van der Waals surface area contributed by atoms with Crippen LogP contribution in [0.5, 0.6) is 0 Å². The van der Waals surface area contributed by atoms with E-state index in [0.717, 1.165) is 22.0 Å². The van der Waals surface area contributed by atoms with Gasteiger partial charge in [0.05, 0.1) is 0 Å². The second-order valence-corrected chi connectivity index (χ2v) is 3.71. The van der Waals surface area contributed by atoms with E-state index in [4.69, 9.17) is 0 Å². The van der Waals surface area contributed by atoms with Gasteiger partial charge in [0.2, 0.25) is 0 Å². The van der Waals surface area contributed by atoms with E-state index in [1.54, 1.807) is 13.1 Å². The van der Waals surface area contributed by atoms with E-state index in [1.807, 2.05) is 13.8 Å². The first-order chi connectivity index (χ1) is 6.61. The summed E-state index contributed by atoms with van der Waals surface area (Å²) in [6, 6.07) is 4.12. The minimum atomic E-state index is 0.116. The highest BCUT2D eigenvalue weighted by molar-refractivity contribution is 6.08. The Morgan fingerprint density at radius 2 is 1.86 bits per heavy atom. The van der Waals surface area contributed by atoms with Gasteiger partial charge in [0.15, 0.2) is 5.78 Å². The molecule has 72 valence electrons. The first-order valence-electron chi connectivity index (χ1n) is 4.69. The van der Waals surface area contributed by atoms with Crippen molar-refractivity contribution in [2.45, 2.75) is 20.8 Å². The molecule has 0 bridgehead atoms. The topological polar surface area (TPSA) is 32.9 Å². The molecule has 2 rings (SSSR count). The molecule has 1 N–H and O–H groups in total. The molecule has 0 aliphatic heterocycles. The highest BCUT2D eigenvalue weighted by Crippen LogP contribution is 2.25. The average molecular weight is 187 g/mol. The summed E-state index contributed by atoms with van der Waals surface area (Å²) < 4.78 is 0. The van der Waals surface area contributed by atoms with Gasteiger partial charge in [0, 0.05) is 22.7 Å². The van der Waals surface area contributed by atoms with Crippen molar-refractivity contribution in [2.24, 2.45) is 0 Å². The second kappa shape index (κ2) is 2.98. The van der Waals surface area contributed by atoms with Crippen LogP contribution in [-0.4, -0.2) is 10.8 Å². The minimum absolute atomic E-state index is 0.116. The van der Waals surface area contributed by atoms with Crippen LogP contribution < -0.4 is 0 Å². The Hall–Kier alpha value is -1.57. The maximum absolute atomic E-state index is 11.4. The number of aryl methyl sites for hydroxylation is 2. The Balaban J connectivity index is 2.90. The number of hydrogen-bond acceptors (Lipinski definition) is 1. The van der Waals surface area contributed by atoms with Crippen LogP contribution in [0.25, 0.3) is 10.9 Å². The number of rotatable bonds is 1. The monoisotopic (exact) mass is 187 g/mol. The predicted octanol–water partition coefficient (Wildman–Crippen LogP) is 2.99. The summed E-state index contributed by atoms with van der Waals surface area (Å²) in [7, 11) is 0. The van der Waals surface area contributed by atoms with Gasteiger partial charge in [-0.05, 0) is 31.9 Å². The number of aromatic amines is 1. The van der Waals surface area contributed by atoms with Gasteiger partial charge in [0.25, 0.3) is 0 Å². The Morgan fingerprint density at radius 3 is 2.50 bits per heavy atom. The molecule has 2 heteroatoms. The van der Waals surface area contributed by atoms with E-state index in [1.165, 1.54) is 5.56 Å². The molecule has 0 aliphatic carbocycles. The van der Waals surface area contributed by atoms with Gasteiger partial charge in [-0.1, -0.05) is 12.1 Å². The van der Waals surface area contributed by atoms with E-state index < -0.39 is 0 Å². The average Bonchev–Trinajstić information content (AvgIpc) is 2.56. The molecule has 0 fully saturated rings. The molecule has 0 amide bonds. The fraction of sp³-hybridized carbons (Fsp3) is 0.250. The summed E-state index contributed by atoms with van der Waals surface area (Å²) in [6.07, 6.45) is 1.80. The number of nitrogens with one attached hydrogen (secondary N) is 1. The summed E-state index contributed by atoms with van der Waals surface area (Å²) in [6.45, 7) is 5.68. The number of benzene rings is 1. The largest absolute Gasteiger partial charge is 0.360 e. The molecule has 1 aromatic carbocycles. The van der Waals surface area contributed by atoms with Crippen molar-refractivity contribution in [1.82, 2.24) is 4.98 Å². The maximum Gasteiger partial charge on any atom is 0.161 e. The molecule has 0 saturated carbocycles. The highest BCUT2D eigenvalue weighted by Gasteiger charge is 2.10. The SMILES string of the molecule is CC(=O)c1c[nH]c2c(C)ccc(C)c12. The van der Waals surface area contributed by atoms with Crippen molar-refractivity contribution < 1.29 is 4.79 Å². The third-order valence-corrected chi connectivity index (χ3v) is 2.63. The first-order valence-corrected chi connectivity index (χ1v) is 4.69. The molecular formula is C12H13NO. The summed E-state index contributed by atoms with van der Waals surface area (Å²) in [5.74, 6) is 0.116. The van der Waals surface area contributed by atoms with Gasteiger partial charge in [-0.25, -0.2) is 0 Å². The van der Waals surface area contributed by atoms with Crippen LogP contribution in [0, 0.1) is 13.8 Å². The number of Topliss-reactive ketones (excluding diaryl/α,β-unsaturated/α-hetero) is 1. The number of carbonyl (C=O) groups is 1. The van der Waals surface area contributed by atoms with Crippen molar-refractivity contribution in [1.29, 1.82) is 0 Å². The Morgan fingerprint density at radius 1 is 1.21 bits per heavy atom. The van der Waals surface area contributed by atoms with Gasteiger partial charge in [-0.2, -0.15) is 0 Å². The van der Waals surface area contributed by atoms with Crippen molar-refractivity contribution in [3.05, 3.63) is 35.0 Å². The van der Waals surface area contributed by atoms with Gasteiger partial charge in [0.1, 0.15) is 0 Å². The zero-order valence-electron chi connectivity index (χ0n) is 8.64. The van der Waals surface area contributed by atoms with Crippen LogP contribution in [0.15, 0.2) is 18.3 Å². The Bertz CT molecular complexity index is 508. The second-order valence-electron chi connectivity index (χ2n) is 3.71. The van der Waals surface area contributed by atoms with E-state index in [-0.39, 0.29) is 5.78 Å². The highest BCUT2D eigenvalue weighted by atomic mass is 16.1. The van der Waals surface area contributed by atoms with Crippen molar-refractivity contribution in [2.75, 3.05) is 0 Å². The zero-order valence-corrected chi connectivity index (χ0v) is 8.64. The van der Waals surface area contributed by atoms with E-state index in [2.05, 4.69) is 17.1 Å². The van der Waals surface area contributed by atoms with Crippen LogP contribution in [-0.2, 0) is 0 Å². The van der Waals surface area contributed by atoms with Crippen LogP contribution in [0.2, 0.25) is 0 Å². The number of aromatic nitrogens is 1. The lowest BCUT2D eigenvalue weighted by Crippen LogP contribution is -1.90. The van der Waals surface area contributed by atoms with E-state index >= 15 is 0 Å². The Kier molecular flexibility index (Phi) is 1.92. The van der Waals surface area contributed by atoms with Crippen molar-refractivity contribution in [3.8, 4) is 0 Å². The molecule has 0 unspecified atom stereocenters. The van der Waals surface area contributed by atoms with Crippen LogP contribution in [0.1, 0.15) is 28.4 Å². The fourth-order valence-electron chi connectivity index (χ4n) is 1.84. The summed E-state index contributed by atoms with van der Waals surface area (Å²) >= 11 is 0. The molecule has 2 nitrogen and oxygen atoms in total. The predicted molar refractivity (Wildman–Crippen MR) is 57.8 cm³/mol.